The molecular formula is C55H40Cl2N8O3. The average Bonchev–Trinajstić information content (AvgIpc) is 3.99. The standard InChI is InChI=1S/C55H40Cl2N8O3/c56-43-21-11-37(12-22-43)15-29-47(41-17-25-45(26-18-41)67-54-49-52(58-33-60-54)64(35-62-49)31-39-7-3-1-4-8-39)51(66)48(30-16-38-13-23-44(57)24-14-38)42-19-27-46(28-20-42)68-55-50-53(59-34-61-55)65(36-63-50)32-40-9-5-2-6-10-40/h1-30,33-36,47-48H,31-32H2/b29-15+,30-16+. The van der Waals surface area contributed by atoms with Gasteiger partial charge in [0.15, 0.2) is 28.1 Å². The van der Waals surface area contributed by atoms with Crippen LogP contribution in [-0.2, 0) is 17.9 Å². The third kappa shape index (κ3) is 10.1. The lowest BCUT2D eigenvalue weighted by atomic mass is 9.82. The van der Waals surface area contributed by atoms with E-state index in [1.165, 1.54) is 12.7 Å². The van der Waals surface area contributed by atoms with Crippen LogP contribution in [0, 0.1) is 0 Å². The average molecular weight is 932 g/mol. The number of fused-ring (bicyclic) bond motifs is 2. The van der Waals surface area contributed by atoms with Crippen LogP contribution in [0.2, 0.25) is 10.0 Å². The molecule has 0 saturated carbocycles. The molecule has 0 aliphatic rings. The predicted molar refractivity (Wildman–Crippen MR) is 266 cm³/mol. The highest BCUT2D eigenvalue weighted by atomic mass is 35.5. The third-order valence-corrected chi connectivity index (χ3v) is 11.9. The van der Waals surface area contributed by atoms with E-state index < -0.39 is 11.8 Å². The van der Waals surface area contributed by atoms with Crippen molar-refractivity contribution in [2.45, 2.75) is 24.9 Å². The SMILES string of the molecule is O=C(C(/C=C/c1ccc(Cl)cc1)c1ccc(Oc2ncnc3c2ncn3Cc2ccccc2)cc1)C(/C=C/c1ccc(Cl)cc1)c1ccc(Oc2ncnc3c2ncn3Cc2ccccc2)cc1. The maximum atomic E-state index is 15.2. The highest BCUT2D eigenvalue weighted by molar-refractivity contribution is 6.30. The molecule has 6 aromatic carbocycles. The van der Waals surface area contributed by atoms with Crippen LogP contribution in [0.5, 0.6) is 23.3 Å². The smallest absolute Gasteiger partial charge is 0.250 e. The number of rotatable bonds is 16. The number of nitrogens with zero attached hydrogens (tertiary/aromatic N) is 8. The summed E-state index contributed by atoms with van der Waals surface area (Å²) in [4.78, 5) is 42.3. The van der Waals surface area contributed by atoms with Crippen molar-refractivity contribution >= 4 is 63.5 Å². The number of carbonyl (C=O) groups excluding carboxylic acids is 1. The van der Waals surface area contributed by atoms with Gasteiger partial charge in [-0.3, -0.25) is 4.79 Å². The summed E-state index contributed by atoms with van der Waals surface area (Å²) in [6.07, 6.45) is 14.1. The summed E-state index contributed by atoms with van der Waals surface area (Å²) in [5, 5.41) is 1.24. The van der Waals surface area contributed by atoms with Crippen LogP contribution in [0.25, 0.3) is 34.5 Å². The number of aromatic nitrogens is 8. The predicted octanol–water partition coefficient (Wildman–Crippen LogP) is 12.8. The zero-order chi connectivity index (χ0) is 46.2. The largest absolute Gasteiger partial charge is 0.437 e. The van der Waals surface area contributed by atoms with E-state index in [9.17, 15) is 0 Å². The monoisotopic (exact) mass is 930 g/mol. The molecule has 0 saturated heterocycles. The fourth-order valence-corrected chi connectivity index (χ4v) is 8.12. The van der Waals surface area contributed by atoms with Gasteiger partial charge < -0.3 is 18.6 Å². The summed E-state index contributed by atoms with van der Waals surface area (Å²) < 4.78 is 16.6. The van der Waals surface area contributed by atoms with Crippen LogP contribution >= 0.6 is 23.2 Å². The number of halogens is 2. The molecule has 13 heteroatoms. The number of ether oxygens (including phenoxy) is 2. The molecule has 10 aromatic rings. The van der Waals surface area contributed by atoms with Gasteiger partial charge >= 0.3 is 0 Å². The lowest BCUT2D eigenvalue weighted by Crippen LogP contribution is -2.18. The van der Waals surface area contributed by atoms with Crippen LogP contribution in [0.4, 0.5) is 0 Å². The Labute approximate surface area is 401 Å². The Balaban J connectivity index is 0.945. The van der Waals surface area contributed by atoms with Crippen molar-refractivity contribution in [2.75, 3.05) is 0 Å². The van der Waals surface area contributed by atoms with Crippen LogP contribution < -0.4 is 9.47 Å². The molecule has 10 rings (SSSR count). The van der Waals surface area contributed by atoms with Gasteiger partial charge in [0.2, 0.25) is 0 Å². The van der Waals surface area contributed by atoms with Gasteiger partial charge in [0.1, 0.15) is 24.2 Å². The van der Waals surface area contributed by atoms with E-state index in [2.05, 4.69) is 54.2 Å². The summed E-state index contributed by atoms with van der Waals surface area (Å²) in [5.41, 5.74) is 7.94. The maximum Gasteiger partial charge on any atom is 0.250 e. The first kappa shape index (κ1) is 43.6. The molecule has 0 spiro atoms. The Morgan fingerprint density at radius 1 is 0.485 bits per heavy atom. The fraction of sp³-hybridized carbons (Fsp3) is 0.0727. The quantitative estimate of drug-likeness (QED) is 0.0931. The Morgan fingerprint density at radius 2 is 0.882 bits per heavy atom. The Morgan fingerprint density at radius 3 is 1.28 bits per heavy atom. The van der Waals surface area contributed by atoms with E-state index >= 15 is 4.79 Å². The molecule has 4 heterocycles. The van der Waals surface area contributed by atoms with E-state index in [0.717, 1.165) is 33.4 Å². The molecule has 0 aliphatic heterocycles. The van der Waals surface area contributed by atoms with E-state index in [1.54, 1.807) is 12.7 Å². The van der Waals surface area contributed by atoms with Gasteiger partial charge in [-0.25, -0.2) is 19.9 Å². The number of benzene rings is 6. The number of ketones is 1. The van der Waals surface area contributed by atoms with Crippen LogP contribution in [0.15, 0.2) is 195 Å². The molecule has 332 valence electrons. The first-order valence-corrected chi connectivity index (χ1v) is 22.5. The molecule has 0 fully saturated rings. The first-order valence-electron chi connectivity index (χ1n) is 21.8. The van der Waals surface area contributed by atoms with E-state index in [1.807, 2.05) is 167 Å². The van der Waals surface area contributed by atoms with Gasteiger partial charge in [0.25, 0.3) is 11.8 Å². The molecule has 0 amide bonds. The van der Waals surface area contributed by atoms with Gasteiger partial charge in [-0.15, -0.1) is 0 Å². The minimum absolute atomic E-state index is 0.0642. The lowest BCUT2D eigenvalue weighted by molar-refractivity contribution is -0.120. The van der Waals surface area contributed by atoms with E-state index in [4.69, 9.17) is 32.7 Å². The number of allylic oxidation sites excluding steroid dienone is 2. The normalized spacial score (nSPS) is 12.5. The Bertz CT molecular complexity index is 3150. The fourth-order valence-electron chi connectivity index (χ4n) is 7.87. The van der Waals surface area contributed by atoms with E-state index in [0.29, 0.717) is 68.7 Å². The first-order chi connectivity index (χ1) is 33.4. The van der Waals surface area contributed by atoms with Gasteiger partial charge in [0, 0.05) is 10.0 Å². The molecule has 0 bridgehead atoms. The topological polar surface area (TPSA) is 123 Å². The molecule has 0 aliphatic carbocycles. The molecule has 68 heavy (non-hydrogen) atoms. The number of hydrogen-bond donors (Lipinski definition) is 0. The van der Waals surface area contributed by atoms with Crippen molar-refractivity contribution < 1.29 is 14.3 Å². The second-order valence-corrected chi connectivity index (χ2v) is 16.8. The van der Waals surface area contributed by atoms with Gasteiger partial charge in [-0.1, -0.05) is 157 Å². The van der Waals surface area contributed by atoms with Crippen molar-refractivity contribution in [1.82, 2.24) is 39.0 Å². The zero-order valence-electron chi connectivity index (χ0n) is 36.3. The molecule has 2 unspecified atom stereocenters. The van der Waals surface area contributed by atoms with Crippen molar-refractivity contribution in [3.05, 3.63) is 239 Å². The second kappa shape index (κ2) is 20.1. The summed E-state index contributed by atoms with van der Waals surface area (Å²) in [5.74, 6) is 0.269. The number of Topliss-reactive ketones (excluding diaryl/α,β-unsaturated/α-hetero) is 1. The van der Waals surface area contributed by atoms with Crippen molar-refractivity contribution in [3.8, 4) is 23.3 Å². The molecular weight excluding hydrogens is 892 g/mol. The summed E-state index contributed by atoms with van der Waals surface area (Å²) >= 11 is 12.5. The second-order valence-electron chi connectivity index (χ2n) is 15.9. The summed E-state index contributed by atoms with van der Waals surface area (Å²) in [6.45, 7) is 1.20. The third-order valence-electron chi connectivity index (χ3n) is 11.3. The van der Waals surface area contributed by atoms with Gasteiger partial charge in [-0.05, 0) is 81.9 Å². The minimum atomic E-state index is -0.685. The molecule has 0 N–H and O–H groups in total. The highest BCUT2D eigenvalue weighted by Gasteiger charge is 2.27. The number of carbonyl (C=O) groups is 1. The summed E-state index contributed by atoms with van der Waals surface area (Å²) in [6, 6.07) is 50.1. The van der Waals surface area contributed by atoms with Gasteiger partial charge in [0.05, 0.1) is 37.6 Å². The molecule has 2 atom stereocenters. The molecule has 0 radical (unpaired) electrons. The van der Waals surface area contributed by atoms with Crippen molar-refractivity contribution in [2.24, 2.45) is 0 Å². The summed E-state index contributed by atoms with van der Waals surface area (Å²) in [7, 11) is 0. The highest BCUT2D eigenvalue weighted by Crippen LogP contribution is 2.35. The van der Waals surface area contributed by atoms with Crippen molar-refractivity contribution in [1.29, 1.82) is 0 Å². The Hall–Kier alpha value is -8.25. The minimum Gasteiger partial charge on any atom is -0.437 e. The van der Waals surface area contributed by atoms with Gasteiger partial charge in [-0.2, -0.15) is 9.97 Å². The van der Waals surface area contributed by atoms with Crippen LogP contribution in [0.3, 0.4) is 0 Å². The van der Waals surface area contributed by atoms with E-state index in [-0.39, 0.29) is 5.78 Å². The number of hydrogen-bond acceptors (Lipinski definition) is 9. The zero-order valence-corrected chi connectivity index (χ0v) is 37.8. The Kier molecular flexibility index (Phi) is 12.9. The maximum absolute atomic E-state index is 15.2. The van der Waals surface area contributed by atoms with Crippen molar-refractivity contribution in [3.63, 3.8) is 0 Å². The van der Waals surface area contributed by atoms with Crippen LogP contribution in [-0.4, -0.2) is 44.8 Å². The lowest BCUT2D eigenvalue weighted by Gasteiger charge is -2.20. The molecule has 4 aromatic heterocycles. The van der Waals surface area contributed by atoms with Crippen LogP contribution in [0.1, 0.15) is 45.2 Å². The number of imidazole rings is 2. The molecule has 11 nitrogen and oxygen atoms in total.